The first-order valence-electron chi connectivity index (χ1n) is 5.96. The van der Waals surface area contributed by atoms with Crippen molar-refractivity contribution in [3.8, 4) is 0 Å². The molecule has 0 saturated heterocycles. The van der Waals surface area contributed by atoms with Crippen molar-refractivity contribution in [2.75, 3.05) is 19.6 Å². The van der Waals surface area contributed by atoms with Gasteiger partial charge in [0.1, 0.15) is 19.6 Å². The van der Waals surface area contributed by atoms with E-state index in [1.165, 1.54) is 0 Å². The van der Waals surface area contributed by atoms with Crippen molar-refractivity contribution in [2.45, 2.75) is 39.1 Å². The highest BCUT2D eigenvalue weighted by Gasteiger charge is 1.86. The summed E-state index contributed by atoms with van der Waals surface area (Å²) in [5.41, 5.74) is 10.3. The molecular formula is C9H30N3O7P. The summed E-state index contributed by atoms with van der Waals surface area (Å²) in [6.45, 7) is 6.98. The lowest BCUT2D eigenvalue weighted by Crippen LogP contribution is -2.54. The van der Waals surface area contributed by atoms with E-state index in [4.69, 9.17) is 34.6 Å². The van der Waals surface area contributed by atoms with Gasteiger partial charge in [0.05, 0.1) is 18.3 Å². The highest BCUT2D eigenvalue weighted by Crippen LogP contribution is 2.03. The van der Waals surface area contributed by atoms with Gasteiger partial charge in [-0.15, -0.1) is 0 Å². The molecule has 0 saturated carbocycles. The second-order valence-corrected chi connectivity index (χ2v) is 4.75. The number of aliphatic hydroxyl groups excluding tert-OH is 3. The first-order valence-corrected chi connectivity index (χ1v) is 7.42. The first kappa shape index (κ1) is 28.1. The SMILES string of the molecule is CC(O)C[NH3+].CC(O)C[NH3+].CC(O)C[NH3+].O=P([O-])([O-])[O-]. The van der Waals surface area contributed by atoms with Crippen LogP contribution in [0.1, 0.15) is 20.8 Å². The minimum Gasteiger partial charge on any atom is -0.822 e. The van der Waals surface area contributed by atoms with Gasteiger partial charge in [0.25, 0.3) is 0 Å². The highest BCUT2D eigenvalue weighted by atomic mass is 31.2. The van der Waals surface area contributed by atoms with Crippen LogP contribution in [0.15, 0.2) is 0 Å². The molecule has 128 valence electrons. The lowest BCUT2D eigenvalue weighted by molar-refractivity contribution is -0.432. The van der Waals surface area contributed by atoms with Crippen molar-refractivity contribution in [2.24, 2.45) is 0 Å². The zero-order valence-electron chi connectivity index (χ0n) is 12.4. The molecule has 0 spiro atoms. The van der Waals surface area contributed by atoms with Crippen LogP contribution in [0.4, 0.5) is 0 Å². The van der Waals surface area contributed by atoms with Crippen LogP contribution in [-0.4, -0.2) is 53.3 Å². The molecule has 0 aliphatic heterocycles. The molecule has 0 heterocycles. The minimum absolute atomic E-state index is 0.227. The van der Waals surface area contributed by atoms with E-state index in [1.54, 1.807) is 20.8 Å². The quantitative estimate of drug-likeness (QED) is 0.274. The minimum atomic E-state index is -5.39. The second kappa shape index (κ2) is 18.9. The summed E-state index contributed by atoms with van der Waals surface area (Å²) in [6, 6.07) is 0. The van der Waals surface area contributed by atoms with Crippen molar-refractivity contribution in [3.05, 3.63) is 0 Å². The molecule has 0 rings (SSSR count). The van der Waals surface area contributed by atoms with Crippen LogP contribution in [0, 0.1) is 0 Å². The van der Waals surface area contributed by atoms with Gasteiger partial charge in [-0.05, 0) is 20.8 Å². The normalized spacial score (nSPS) is 14.2. The maximum Gasteiger partial charge on any atom is 0.100 e. The van der Waals surface area contributed by atoms with Gasteiger partial charge >= 0.3 is 0 Å². The third-order valence-electron chi connectivity index (χ3n) is 1.25. The Morgan fingerprint density at radius 2 is 0.850 bits per heavy atom. The Hall–Kier alpha value is -0.130. The van der Waals surface area contributed by atoms with Gasteiger partial charge in [0.15, 0.2) is 0 Å². The number of rotatable bonds is 3. The van der Waals surface area contributed by atoms with Gasteiger partial charge < -0.3 is 51.8 Å². The lowest BCUT2D eigenvalue weighted by atomic mass is 10.4. The maximum atomic E-state index is 8.55. The van der Waals surface area contributed by atoms with E-state index >= 15 is 0 Å². The topological polar surface area (TPSA) is 230 Å². The number of hydrogen-bond donors (Lipinski definition) is 6. The summed E-state index contributed by atoms with van der Waals surface area (Å²) in [7, 11) is -5.39. The summed E-state index contributed by atoms with van der Waals surface area (Å²) in [4.78, 5) is 25.6. The fraction of sp³-hybridized carbons (Fsp3) is 1.00. The van der Waals surface area contributed by atoms with E-state index in [2.05, 4.69) is 17.2 Å². The molecule has 0 aromatic carbocycles. The molecule has 10 nitrogen and oxygen atoms in total. The summed E-state index contributed by atoms with van der Waals surface area (Å²) in [5.74, 6) is 0. The Morgan fingerprint density at radius 1 is 0.800 bits per heavy atom. The Labute approximate surface area is 119 Å². The fourth-order valence-electron chi connectivity index (χ4n) is 0. The van der Waals surface area contributed by atoms with Crippen molar-refractivity contribution >= 4 is 7.82 Å². The highest BCUT2D eigenvalue weighted by molar-refractivity contribution is 7.40. The van der Waals surface area contributed by atoms with Gasteiger partial charge in [0.2, 0.25) is 0 Å². The van der Waals surface area contributed by atoms with Crippen LogP contribution in [0.5, 0.6) is 0 Å². The summed E-state index contributed by atoms with van der Waals surface area (Å²) < 4.78 is 8.55. The Morgan fingerprint density at radius 3 is 0.850 bits per heavy atom. The summed E-state index contributed by atoms with van der Waals surface area (Å²) >= 11 is 0. The first-order chi connectivity index (χ1) is 8.81. The fourth-order valence-corrected chi connectivity index (χ4v) is 0. The molecule has 0 fully saturated rings. The molecule has 0 aliphatic carbocycles. The van der Waals surface area contributed by atoms with Gasteiger partial charge in [-0.1, -0.05) is 0 Å². The van der Waals surface area contributed by atoms with Gasteiger partial charge in [0, 0.05) is 0 Å². The Bertz CT molecular complexity index is 184. The third-order valence-corrected chi connectivity index (χ3v) is 1.25. The molecule has 0 aromatic heterocycles. The third kappa shape index (κ3) is 148. The molecule has 11 heteroatoms. The Balaban J connectivity index is -0.0000000853. The number of phosphoric acid groups is 1. The molecule has 0 aromatic rings. The smallest absolute Gasteiger partial charge is 0.100 e. The second-order valence-electron chi connectivity index (χ2n) is 3.86. The molecule has 0 bridgehead atoms. The number of quaternary nitrogens is 3. The lowest BCUT2D eigenvalue weighted by Gasteiger charge is -2.36. The molecule has 3 unspecified atom stereocenters. The van der Waals surface area contributed by atoms with Crippen LogP contribution in [0.3, 0.4) is 0 Å². The molecule has 0 aliphatic rings. The molecule has 12 N–H and O–H groups in total. The van der Waals surface area contributed by atoms with Crippen LogP contribution in [0.2, 0.25) is 0 Å². The van der Waals surface area contributed by atoms with Crippen LogP contribution in [-0.2, 0) is 4.57 Å². The summed E-state index contributed by atoms with van der Waals surface area (Å²) in [5, 5.41) is 24.9. The maximum absolute atomic E-state index is 8.55. The van der Waals surface area contributed by atoms with E-state index in [-0.39, 0.29) is 18.3 Å². The summed E-state index contributed by atoms with van der Waals surface area (Å²) in [6.07, 6.45) is -0.681. The van der Waals surface area contributed by atoms with E-state index in [0.29, 0.717) is 19.6 Å². The van der Waals surface area contributed by atoms with Gasteiger partial charge in [-0.2, -0.15) is 7.82 Å². The van der Waals surface area contributed by atoms with Crippen LogP contribution < -0.4 is 31.9 Å². The van der Waals surface area contributed by atoms with E-state index in [1.807, 2.05) is 0 Å². The largest absolute Gasteiger partial charge is 0.822 e. The number of hydrogen-bond acceptors (Lipinski definition) is 7. The zero-order valence-corrected chi connectivity index (χ0v) is 13.3. The predicted molar refractivity (Wildman–Crippen MR) is 65.9 cm³/mol. The average Bonchev–Trinajstić information content (AvgIpc) is 2.28. The van der Waals surface area contributed by atoms with Crippen molar-refractivity contribution in [1.29, 1.82) is 0 Å². The van der Waals surface area contributed by atoms with Gasteiger partial charge in [-0.3, -0.25) is 0 Å². The van der Waals surface area contributed by atoms with E-state index < -0.39 is 7.82 Å². The standard InChI is InChI=1S/3C3H9NO.H3O4P/c3*1-3(5)2-4;1-5(2,3)4/h3*3,5H,2,4H2,1H3;(H3,1,2,3,4). The zero-order chi connectivity index (χ0) is 17.4. The number of aliphatic hydroxyl groups is 3. The van der Waals surface area contributed by atoms with E-state index in [9.17, 15) is 0 Å². The van der Waals surface area contributed by atoms with E-state index in [0.717, 1.165) is 0 Å². The average molecular weight is 323 g/mol. The molecule has 0 amide bonds. The van der Waals surface area contributed by atoms with Crippen molar-refractivity contribution in [3.63, 3.8) is 0 Å². The van der Waals surface area contributed by atoms with Gasteiger partial charge in [-0.25, -0.2) is 0 Å². The van der Waals surface area contributed by atoms with Crippen LogP contribution >= 0.6 is 7.82 Å². The molecular weight excluding hydrogens is 293 g/mol. The molecule has 20 heavy (non-hydrogen) atoms. The molecule has 0 radical (unpaired) electrons. The van der Waals surface area contributed by atoms with Crippen molar-refractivity contribution < 1.29 is 51.8 Å². The van der Waals surface area contributed by atoms with Crippen molar-refractivity contribution in [1.82, 2.24) is 0 Å². The van der Waals surface area contributed by atoms with Crippen LogP contribution in [0.25, 0.3) is 0 Å². The molecule has 3 atom stereocenters. The Kier molecular flexibility index (Phi) is 26.5. The monoisotopic (exact) mass is 323 g/mol. The predicted octanol–water partition coefficient (Wildman–Crippen LogP) is -7.00.